The van der Waals surface area contributed by atoms with Crippen LogP contribution in [0.5, 0.6) is 0 Å². The van der Waals surface area contributed by atoms with Crippen molar-refractivity contribution >= 4 is 21.7 Å². The van der Waals surface area contributed by atoms with E-state index in [1.54, 1.807) is 19.4 Å². The van der Waals surface area contributed by atoms with Crippen molar-refractivity contribution in [3.05, 3.63) is 52.1 Å². The maximum absolute atomic E-state index is 12.3. The van der Waals surface area contributed by atoms with Crippen molar-refractivity contribution in [3.63, 3.8) is 0 Å². The smallest absolute Gasteiger partial charge is 0.344 e. The van der Waals surface area contributed by atoms with E-state index in [0.29, 0.717) is 17.6 Å². The first-order valence-corrected chi connectivity index (χ1v) is 7.01. The van der Waals surface area contributed by atoms with Gasteiger partial charge in [0.15, 0.2) is 0 Å². The lowest BCUT2D eigenvalue weighted by Gasteiger charge is -2.09. The Morgan fingerprint density at radius 3 is 2.86 bits per heavy atom. The van der Waals surface area contributed by atoms with Crippen LogP contribution in [-0.4, -0.2) is 18.7 Å². The van der Waals surface area contributed by atoms with Gasteiger partial charge < -0.3 is 9.15 Å². The van der Waals surface area contributed by atoms with Gasteiger partial charge in [-0.25, -0.2) is 4.79 Å². The first kappa shape index (κ1) is 13.8. The lowest BCUT2D eigenvalue weighted by molar-refractivity contribution is 0.195. The highest BCUT2D eigenvalue weighted by Gasteiger charge is 2.12. The highest BCUT2D eigenvalue weighted by atomic mass is 16.5. The molecule has 0 atom stereocenters. The normalized spacial score (nSPS) is 11.3. The van der Waals surface area contributed by atoms with Gasteiger partial charge in [-0.15, -0.1) is 0 Å². The number of nitrogens with zero attached hydrogens (tertiary/aromatic N) is 1. The number of pyridine rings is 1. The topological polar surface area (TPSA) is 52.3 Å². The van der Waals surface area contributed by atoms with Gasteiger partial charge in [0.25, 0.3) is 0 Å². The van der Waals surface area contributed by atoms with Gasteiger partial charge >= 0.3 is 5.63 Å². The molecule has 0 radical (unpaired) electrons. The Hall–Kier alpha value is -2.20. The summed E-state index contributed by atoms with van der Waals surface area (Å²) in [7, 11) is 1.68. The van der Waals surface area contributed by atoms with Gasteiger partial charge in [0.1, 0.15) is 5.58 Å². The summed E-state index contributed by atoms with van der Waals surface area (Å²) in [6.07, 6.45) is 3.46. The summed E-state index contributed by atoms with van der Waals surface area (Å²) in [6.45, 7) is 2.62. The SMILES string of the molecule is COCCCc1ncc2c(c1C)c(=O)oc1ccccc12. The van der Waals surface area contributed by atoms with E-state index in [0.717, 1.165) is 34.9 Å². The van der Waals surface area contributed by atoms with Crippen molar-refractivity contribution in [1.29, 1.82) is 0 Å². The van der Waals surface area contributed by atoms with Crippen molar-refractivity contribution in [2.24, 2.45) is 0 Å². The second-order valence-electron chi connectivity index (χ2n) is 5.10. The highest BCUT2D eigenvalue weighted by Crippen LogP contribution is 2.25. The minimum atomic E-state index is -0.295. The summed E-state index contributed by atoms with van der Waals surface area (Å²) in [5, 5.41) is 2.41. The van der Waals surface area contributed by atoms with E-state index < -0.39 is 0 Å². The number of aromatic nitrogens is 1. The van der Waals surface area contributed by atoms with E-state index in [2.05, 4.69) is 4.98 Å². The molecule has 3 rings (SSSR count). The minimum Gasteiger partial charge on any atom is -0.422 e. The molecule has 108 valence electrons. The molecule has 0 unspecified atom stereocenters. The van der Waals surface area contributed by atoms with E-state index >= 15 is 0 Å². The van der Waals surface area contributed by atoms with Crippen LogP contribution in [0.15, 0.2) is 39.7 Å². The zero-order valence-electron chi connectivity index (χ0n) is 12.2. The third kappa shape index (κ3) is 2.43. The summed E-state index contributed by atoms with van der Waals surface area (Å²) >= 11 is 0. The second-order valence-corrected chi connectivity index (χ2v) is 5.10. The van der Waals surface area contributed by atoms with Crippen LogP contribution in [0.1, 0.15) is 17.7 Å². The molecule has 2 heterocycles. The quantitative estimate of drug-likeness (QED) is 0.419. The Labute approximate surface area is 122 Å². The molecule has 0 amide bonds. The van der Waals surface area contributed by atoms with Crippen LogP contribution in [0.3, 0.4) is 0 Å². The molecule has 0 bridgehead atoms. The average Bonchev–Trinajstić information content (AvgIpc) is 2.49. The first-order valence-electron chi connectivity index (χ1n) is 7.01. The fourth-order valence-corrected chi connectivity index (χ4v) is 2.68. The molecule has 3 aromatic rings. The van der Waals surface area contributed by atoms with Gasteiger partial charge in [0.2, 0.25) is 0 Å². The van der Waals surface area contributed by atoms with Gasteiger partial charge in [-0.05, 0) is 31.4 Å². The van der Waals surface area contributed by atoms with Crippen molar-refractivity contribution in [2.75, 3.05) is 13.7 Å². The van der Waals surface area contributed by atoms with Crippen molar-refractivity contribution < 1.29 is 9.15 Å². The average molecular weight is 283 g/mol. The van der Waals surface area contributed by atoms with Crippen LogP contribution in [0.4, 0.5) is 0 Å². The maximum Gasteiger partial charge on any atom is 0.344 e. The molecule has 1 aromatic carbocycles. The molecule has 4 heteroatoms. The third-order valence-electron chi connectivity index (χ3n) is 3.77. The van der Waals surface area contributed by atoms with Crippen LogP contribution in [0.2, 0.25) is 0 Å². The molecule has 0 spiro atoms. The summed E-state index contributed by atoms with van der Waals surface area (Å²) in [6, 6.07) is 7.55. The molecule has 0 saturated carbocycles. The molecule has 0 saturated heterocycles. The van der Waals surface area contributed by atoms with Crippen LogP contribution in [-0.2, 0) is 11.2 Å². The van der Waals surface area contributed by atoms with Crippen molar-refractivity contribution in [3.8, 4) is 0 Å². The van der Waals surface area contributed by atoms with E-state index in [1.807, 2.05) is 25.1 Å². The molecule has 0 aliphatic heterocycles. The number of hydrogen-bond acceptors (Lipinski definition) is 4. The Morgan fingerprint density at radius 2 is 2.05 bits per heavy atom. The monoisotopic (exact) mass is 283 g/mol. The van der Waals surface area contributed by atoms with E-state index in [4.69, 9.17) is 9.15 Å². The van der Waals surface area contributed by atoms with Crippen LogP contribution in [0.25, 0.3) is 21.7 Å². The lowest BCUT2D eigenvalue weighted by atomic mass is 10.0. The Morgan fingerprint density at radius 1 is 1.24 bits per heavy atom. The number of benzene rings is 1. The van der Waals surface area contributed by atoms with E-state index in [1.165, 1.54) is 0 Å². The Bertz CT molecular complexity index is 852. The fourth-order valence-electron chi connectivity index (χ4n) is 2.68. The molecule has 0 fully saturated rings. The molecular weight excluding hydrogens is 266 g/mol. The Balaban J connectivity index is 2.21. The Kier molecular flexibility index (Phi) is 3.71. The van der Waals surface area contributed by atoms with Gasteiger partial charge in [-0.2, -0.15) is 0 Å². The predicted octanol–water partition coefficient (Wildman–Crippen LogP) is 3.23. The number of ether oxygens (including phenoxy) is 1. The van der Waals surface area contributed by atoms with Crippen LogP contribution in [0, 0.1) is 6.92 Å². The van der Waals surface area contributed by atoms with Crippen molar-refractivity contribution in [1.82, 2.24) is 4.98 Å². The number of methoxy groups -OCH3 is 1. The fraction of sp³-hybridized carbons (Fsp3) is 0.294. The van der Waals surface area contributed by atoms with E-state index in [-0.39, 0.29) is 5.63 Å². The number of para-hydroxylation sites is 1. The van der Waals surface area contributed by atoms with Gasteiger partial charge in [0, 0.05) is 36.4 Å². The summed E-state index contributed by atoms with van der Waals surface area (Å²) in [5.41, 5.74) is 2.14. The highest BCUT2D eigenvalue weighted by molar-refractivity contribution is 6.04. The van der Waals surface area contributed by atoms with Gasteiger partial charge in [0.05, 0.1) is 5.39 Å². The molecular formula is C17H17NO3. The summed E-state index contributed by atoms with van der Waals surface area (Å²) < 4.78 is 10.5. The molecule has 2 aromatic heterocycles. The van der Waals surface area contributed by atoms with E-state index in [9.17, 15) is 4.79 Å². The number of hydrogen-bond donors (Lipinski definition) is 0. The van der Waals surface area contributed by atoms with Gasteiger partial charge in [-0.3, -0.25) is 4.98 Å². The third-order valence-corrected chi connectivity index (χ3v) is 3.77. The second kappa shape index (κ2) is 5.66. The van der Waals surface area contributed by atoms with Crippen molar-refractivity contribution in [2.45, 2.75) is 19.8 Å². The number of fused-ring (bicyclic) bond motifs is 3. The minimum absolute atomic E-state index is 0.295. The number of rotatable bonds is 4. The van der Waals surface area contributed by atoms with Crippen LogP contribution < -0.4 is 5.63 Å². The maximum atomic E-state index is 12.3. The molecule has 0 aliphatic rings. The largest absolute Gasteiger partial charge is 0.422 e. The van der Waals surface area contributed by atoms with Crippen LogP contribution >= 0.6 is 0 Å². The lowest BCUT2D eigenvalue weighted by Crippen LogP contribution is -2.06. The summed E-state index contributed by atoms with van der Waals surface area (Å²) in [5.74, 6) is 0. The summed E-state index contributed by atoms with van der Waals surface area (Å²) in [4.78, 5) is 16.8. The molecule has 0 N–H and O–H groups in total. The molecule has 4 nitrogen and oxygen atoms in total. The van der Waals surface area contributed by atoms with Gasteiger partial charge in [-0.1, -0.05) is 18.2 Å². The first-order chi connectivity index (χ1) is 10.2. The zero-order chi connectivity index (χ0) is 14.8. The number of aryl methyl sites for hydroxylation is 2. The molecule has 21 heavy (non-hydrogen) atoms. The predicted molar refractivity (Wildman–Crippen MR) is 82.7 cm³/mol. The molecule has 0 aliphatic carbocycles. The standard InChI is InChI=1S/C17H17NO3/c1-11-14(7-5-9-20-2)18-10-13-12-6-3-4-8-15(12)21-17(19)16(11)13/h3-4,6,8,10H,5,7,9H2,1-2H3. The zero-order valence-corrected chi connectivity index (χ0v) is 12.2.